The maximum atomic E-state index is 13.0. The zero-order valence-electron chi connectivity index (χ0n) is 14.5. The van der Waals surface area contributed by atoms with Gasteiger partial charge in [0, 0.05) is 38.6 Å². The zero-order chi connectivity index (χ0) is 17.2. The van der Waals surface area contributed by atoms with Gasteiger partial charge in [0.1, 0.15) is 0 Å². The second-order valence-electron chi connectivity index (χ2n) is 6.60. The third kappa shape index (κ3) is 3.11. The summed E-state index contributed by atoms with van der Waals surface area (Å²) >= 11 is 0. The Morgan fingerprint density at radius 3 is 2.68 bits per heavy atom. The molecule has 4 heterocycles. The van der Waals surface area contributed by atoms with E-state index in [1.54, 1.807) is 6.07 Å². The van der Waals surface area contributed by atoms with Crippen molar-refractivity contribution in [1.82, 2.24) is 19.7 Å². The molecular weight excluding hydrogens is 318 g/mol. The Kier molecular flexibility index (Phi) is 4.40. The van der Waals surface area contributed by atoms with Crippen molar-refractivity contribution in [2.24, 2.45) is 7.05 Å². The Morgan fingerprint density at radius 2 is 2.00 bits per heavy atom. The van der Waals surface area contributed by atoms with Crippen LogP contribution in [-0.4, -0.2) is 58.4 Å². The standard InChI is InChI=1S/C18H23N5O2/c1-21-8-4-5-15(21)16-13-25-12-11-23(16)18(24)14-6-7-17(20-19-14)22-9-2-3-10-22/h4-8,16H,2-3,9-13H2,1H3/t16-/m0/s1. The van der Waals surface area contributed by atoms with Crippen LogP contribution >= 0.6 is 0 Å². The highest BCUT2D eigenvalue weighted by molar-refractivity contribution is 5.92. The topological polar surface area (TPSA) is 63.5 Å². The molecule has 25 heavy (non-hydrogen) atoms. The first-order chi connectivity index (χ1) is 12.2. The molecule has 0 unspecified atom stereocenters. The summed E-state index contributed by atoms with van der Waals surface area (Å²) in [6, 6.07) is 7.62. The van der Waals surface area contributed by atoms with Crippen molar-refractivity contribution in [3.63, 3.8) is 0 Å². The molecule has 2 aliphatic heterocycles. The fourth-order valence-electron chi connectivity index (χ4n) is 3.61. The van der Waals surface area contributed by atoms with Crippen molar-refractivity contribution in [2.45, 2.75) is 18.9 Å². The smallest absolute Gasteiger partial charge is 0.275 e. The van der Waals surface area contributed by atoms with E-state index >= 15 is 0 Å². The average molecular weight is 341 g/mol. The number of hydrogen-bond acceptors (Lipinski definition) is 5. The lowest BCUT2D eigenvalue weighted by Crippen LogP contribution is -2.44. The van der Waals surface area contributed by atoms with E-state index in [1.165, 1.54) is 12.8 Å². The molecule has 2 aliphatic rings. The van der Waals surface area contributed by atoms with E-state index in [2.05, 4.69) is 15.1 Å². The number of carbonyl (C=O) groups is 1. The number of aromatic nitrogens is 3. The second kappa shape index (κ2) is 6.84. The molecule has 2 aromatic rings. The zero-order valence-corrected chi connectivity index (χ0v) is 14.5. The summed E-state index contributed by atoms with van der Waals surface area (Å²) in [5.74, 6) is 0.769. The maximum absolute atomic E-state index is 13.0. The minimum absolute atomic E-state index is 0.0880. The molecular formula is C18H23N5O2. The lowest BCUT2D eigenvalue weighted by Gasteiger charge is -2.35. The molecule has 0 aliphatic carbocycles. The van der Waals surface area contributed by atoms with Gasteiger partial charge < -0.3 is 19.1 Å². The number of nitrogens with zero attached hydrogens (tertiary/aromatic N) is 5. The molecule has 0 bridgehead atoms. The quantitative estimate of drug-likeness (QED) is 0.849. The summed E-state index contributed by atoms with van der Waals surface area (Å²) in [7, 11) is 1.98. The van der Waals surface area contributed by atoms with Crippen LogP contribution in [0.2, 0.25) is 0 Å². The third-order valence-corrected chi connectivity index (χ3v) is 5.01. The highest BCUT2D eigenvalue weighted by Gasteiger charge is 2.31. The van der Waals surface area contributed by atoms with Crippen molar-refractivity contribution < 1.29 is 9.53 Å². The molecule has 1 atom stereocenters. The minimum Gasteiger partial charge on any atom is -0.377 e. The average Bonchev–Trinajstić information content (AvgIpc) is 3.33. The van der Waals surface area contributed by atoms with Gasteiger partial charge in [-0.1, -0.05) is 0 Å². The summed E-state index contributed by atoms with van der Waals surface area (Å²) in [4.78, 5) is 17.1. The Morgan fingerprint density at radius 1 is 1.16 bits per heavy atom. The molecule has 1 amide bonds. The van der Waals surface area contributed by atoms with Crippen LogP contribution in [0.15, 0.2) is 30.5 Å². The van der Waals surface area contributed by atoms with Gasteiger partial charge in [0.25, 0.3) is 5.91 Å². The van der Waals surface area contributed by atoms with Gasteiger partial charge in [-0.05, 0) is 37.1 Å². The van der Waals surface area contributed by atoms with E-state index in [9.17, 15) is 4.79 Å². The molecule has 2 saturated heterocycles. The summed E-state index contributed by atoms with van der Waals surface area (Å²) in [5.41, 5.74) is 1.46. The van der Waals surface area contributed by atoms with Gasteiger partial charge in [0.2, 0.25) is 0 Å². The molecule has 0 spiro atoms. The molecule has 0 N–H and O–H groups in total. The first-order valence-corrected chi connectivity index (χ1v) is 8.82. The lowest BCUT2D eigenvalue weighted by molar-refractivity contribution is -0.00499. The molecule has 0 aromatic carbocycles. The van der Waals surface area contributed by atoms with E-state index in [1.807, 2.05) is 40.9 Å². The van der Waals surface area contributed by atoms with Crippen LogP contribution in [0.3, 0.4) is 0 Å². The van der Waals surface area contributed by atoms with Crippen LogP contribution in [0.4, 0.5) is 5.82 Å². The van der Waals surface area contributed by atoms with Crippen molar-refractivity contribution >= 4 is 11.7 Å². The van der Waals surface area contributed by atoms with Gasteiger partial charge in [-0.15, -0.1) is 10.2 Å². The fraction of sp³-hybridized carbons (Fsp3) is 0.500. The van der Waals surface area contributed by atoms with Crippen molar-refractivity contribution in [1.29, 1.82) is 0 Å². The summed E-state index contributed by atoms with van der Waals surface area (Å²) in [5, 5.41) is 8.48. The Balaban J connectivity index is 1.55. The monoisotopic (exact) mass is 341 g/mol. The van der Waals surface area contributed by atoms with Gasteiger partial charge in [0.15, 0.2) is 11.5 Å². The van der Waals surface area contributed by atoms with Crippen LogP contribution < -0.4 is 4.90 Å². The first-order valence-electron chi connectivity index (χ1n) is 8.82. The van der Waals surface area contributed by atoms with Crippen LogP contribution in [0.25, 0.3) is 0 Å². The number of morpholine rings is 1. The van der Waals surface area contributed by atoms with E-state index < -0.39 is 0 Å². The Labute approximate surface area is 147 Å². The third-order valence-electron chi connectivity index (χ3n) is 5.01. The van der Waals surface area contributed by atoms with Gasteiger partial charge in [-0.3, -0.25) is 4.79 Å². The second-order valence-corrected chi connectivity index (χ2v) is 6.60. The number of aryl methyl sites for hydroxylation is 1. The molecule has 2 aromatic heterocycles. The van der Waals surface area contributed by atoms with E-state index in [0.29, 0.717) is 25.5 Å². The molecule has 132 valence electrons. The van der Waals surface area contributed by atoms with Crippen molar-refractivity contribution in [2.75, 3.05) is 37.7 Å². The van der Waals surface area contributed by atoms with E-state index in [4.69, 9.17) is 4.74 Å². The van der Waals surface area contributed by atoms with Crippen LogP contribution in [-0.2, 0) is 11.8 Å². The predicted octanol–water partition coefficient (Wildman–Crippen LogP) is 1.63. The maximum Gasteiger partial charge on any atom is 0.275 e. The largest absolute Gasteiger partial charge is 0.377 e. The number of hydrogen-bond donors (Lipinski definition) is 0. The van der Waals surface area contributed by atoms with Crippen LogP contribution in [0.5, 0.6) is 0 Å². The molecule has 7 heteroatoms. The number of amides is 1. The molecule has 0 radical (unpaired) electrons. The number of carbonyl (C=O) groups excluding carboxylic acids is 1. The highest BCUT2D eigenvalue weighted by Crippen LogP contribution is 2.26. The van der Waals surface area contributed by atoms with Crippen molar-refractivity contribution in [3.05, 3.63) is 41.9 Å². The summed E-state index contributed by atoms with van der Waals surface area (Å²) in [6.07, 6.45) is 4.36. The summed E-state index contributed by atoms with van der Waals surface area (Å²) in [6.45, 7) is 3.64. The Bertz CT molecular complexity index is 736. The first kappa shape index (κ1) is 16.1. The van der Waals surface area contributed by atoms with Gasteiger partial charge in [-0.25, -0.2) is 0 Å². The molecule has 2 fully saturated rings. The molecule has 0 saturated carbocycles. The number of ether oxygens (including phenoxy) is 1. The van der Waals surface area contributed by atoms with Gasteiger partial charge in [0.05, 0.1) is 19.3 Å². The van der Waals surface area contributed by atoms with Crippen LogP contribution in [0, 0.1) is 0 Å². The molecule has 4 rings (SSSR count). The fourth-order valence-corrected chi connectivity index (χ4v) is 3.61. The SMILES string of the molecule is Cn1cccc1[C@@H]1COCCN1C(=O)c1ccc(N2CCCC2)nn1. The number of anilines is 1. The predicted molar refractivity (Wildman–Crippen MR) is 93.5 cm³/mol. The minimum atomic E-state index is -0.0960. The van der Waals surface area contributed by atoms with Gasteiger partial charge >= 0.3 is 0 Å². The van der Waals surface area contributed by atoms with E-state index in [0.717, 1.165) is 24.6 Å². The van der Waals surface area contributed by atoms with Crippen molar-refractivity contribution in [3.8, 4) is 0 Å². The highest BCUT2D eigenvalue weighted by atomic mass is 16.5. The van der Waals surface area contributed by atoms with Crippen LogP contribution in [0.1, 0.15) is 35.1 Å². The Hall–Kier alpha value is -2.41. The van der Waals surface area contributed by atoms with E-state index in [-0.39, 0.29) is 11.9 Å². The van der Waals surface area contributed by atoms with Gasteiger partial charge in [-0.2, -0.15) is 0 Å². The molecule has 7 nitrogen and oxygen atoms in total. The normalized spacial score (nSPS) is 20.9. The summed E-state index contributed by atoms with van der Waals surface area (Å²) < 4.78 is 7.64. The lowest BCUT2D eigenvalue weighted by atomic mass is 10.1. The number of rotatable bonds is 3.